The van der Waals surface area contributed by atoms with Gasteiger partial charge in [-0.1, -0.05) is 30.3 Å². The predicted octanol–water partition coefficient (Wildman–Crippen LogP) is 3.95. The zero-order valence-corrected chi connectivity index (χ0v) is 24.2. The maximum absolute atomic E-state index is 12.7. The Labute approximate surface area is 233 Å². The first-order valence-corrected chi connectivity index (χ1v) is 14.4. The van der Waals surface area contributed by atoms with Gasteiger partial charge in [-0.05, 0) is 66.1 Å². The lowest BCUT2D eigenvalue weighted by atomic mass is 10.0. The van der Waals surface area contributed by atoms with E-state index in [1.807, 2.05) is 25.7 Å². The molecule has 2 saturated heterocycles. The van der Waals surface area contributed by atoms with Gasteiger partial charge in [0.1, 0.15) is 18.0 Å². The van der Waals surface area contributed by atoms with Crippen LogP contribution in [0, 0.1) is 0 Å². The molecule has 2 fully saturated rings. The molecule has 9 heteroatoms. The van der Waals surface area contributed by atoms with Crippen LogP contribution in [0.5, 0.6) is 6.01 Å². The minimum atomic E-state index is -0.506. The summed E-state index contributed by atoms with van der Waals surface area (Å²) in [6, 6.07) is 11.6. The van der Waals surface area contributed by atoms with E-state index >= 15 is 0 Å². The molecule has 0 spiro atoms. The smallest absolute Gasteiger partial charge is 0.410 e. The Balaban J connectivity index is 1.36. The Hall–Kier alpha value is -2.91. The summed E-state index contributed by atoms with van der Waals surface area (Å²) in [5.74, 6) is 0.963. The number of benzene rings is 1. The van der Waals surface area contributed by atoms with Gasteiger partial charge in [-0.15, -0.1) is 0 Å². The number of piperazine rings is 1. The van der Waals surface area contributed by atoms with Gasteiger partial charge in [0.2, 0.25) is 0 Å². The summed E-state index contributed by atoms with van der Waals surface area (Å²) in [6.07, 6.45) is 2.99. The van der Waals surface area contributed by atoms with Gasteiger partial charge in [-0.3, -0.25) is 4.90 Å². The van der Waals surface area contributed by atoms with E-state index in [4.69, 9.17) is 19.4 Å². The number of nitrogens with zero attached hydrogens (tertiary/aromatic N) is 6. The maximum Gasteiger partial charge on any atom is 0.410 e. The number of fused-ring (bicyclic) bond motifs is 1. The van der Waals surface area contributed by atoms with E-state index in [-0.39, 0.29) is 12.1 Å². The molecule has 3 aliphatic heterocycles. The van der Waals surface area contributed by atoms with Gasteiger partial charge >= 0.3 is 12.1 Å². The zero-order valence-electron chi connectivity index (χ0n) is 24.2. The summed E-state index contributed by atoms with van der Waals surface area (Å²) in [7, 11) is 2.16. The topological polar surface area (TPSA) is 74.3 Å². The second kappa shape index (κ2) is 11.7. The van der Waals surface area contributed by atoms with Gasteiger partial charge in [0.05, 0.1) is 5.69 Å². The number of rotatable bonds is 6. The number of carbonyl (C=O) groups is 1. The third-order valence-corrected chi connectivity index (χ3v) is 7.98. The van der Waals surface area contributed by atoms with Crippen LogP contribution < -0.4 is 9.64 Å². The minimum absolute atomic E-state index is 0.0985. The van der Waals surface area contributed by atoms with Crippen LogP contribution in [-0.4, -0.2) is 94.8 Å². The quantitative estimate of drug-likeness (QED) is 0.550. The van der Waals surface area contributed by atoms with Gasteiger partial charge in [-0.2, -0.15) is 9.97 Å². The largest absolute Gasteiger partial charge is 0.462 e. The number of likely N-dealkylation sites (tertiary alicyclic amines) is 1. The number of amides is 1. The van der Waals surface area contributed by atoms with E-state index in [0.29, 0.717) is 38.3 Å². The van der Waals surface area contributed by atoms with Gasteiger partial charge < -0.3 is 24.2 Å². The van der Waals surface area contributed by atoms with E-state index in [1.165, 1.54) is 17.5 Å². The second-order valence-electron chi connectivity index (χ2n) is 12.3. The summed E-state index contributed by atoms with van der Waals surface area (Å²) < 4.78 is 11.9. The zero-order chi connectivity index (χ0) is 27.6. The minimum Gasteiger partial charge on any atom is -0.462 e. The third kappa shape index (κ3) is 6.81. The third-order valence-electron chi connectivity index (χ3n) is 7.98. The van der Waals surface area contributed by atoms with Crippen molar-refractivity contribution in [1.82, 2.24) is 24.7 Å². The SMILES string of the molecule is C[C@H]1CN(C(=O)OC(C)(C)C)CCN1c1nc(OC[C@@H]2CCCN2C)nc2c1CCN(Cc1ccccc1)C2. The molecule has 1 amide bonds. The van der Waals surface area contributed by atoms with Crippen LogP contribution in [0.2, 0.25) is 0 Å². The predicted molar refractivity (Wildman–Crippen MR) is 152 cm³/mol. The van der Waals surface area contributed by atoms with Crippen molar-refractivity contribution >= 4 is 11.9 Å². The Morgan fingerprint density at radius 3 is 2.56 bits per heavy atom. The molecular formula is C30H44N6O3. The van der Waals surface area contributed by atoms with Crippen molar-refractivity contribution in [2.75, 3.05) is 51.3 Å². The van der Waals surface area contributed by atoms with Gasteiger partial charge in [0.15, 0.2) is 0 Å². The second-order valence-corrected chi connectivity index (χ2v) is 12.3. The number of hydrogen-bond acceptors (Lipinski definition) is 8. The highest BCUT2D eigenvalue weighted by atomic mass is 16.6. The number of ether oxygens (including phenoxy) is 2. The van der Waals surface area contributed by atoms with Crippen LogP contribution in [-0.2, 0) is 24.2 Å². The van der Waals surface area contributed by atoms with Crippen molar-refractivity contribution < 1.29 is 14.3 Å². The summed E-state index contributed by atoms with van der Waals surface area (Å²) in [5, 5.41) is 0. The average molecular weight is 537 g/mol. The monoisotopic (exact) mass is 536 g/mol. The molecular weight excluding hydrogens is 492 g/mol. The van der Waals surface area contributed by atoms with E-state index in [0.717, 1.165) is 50.5 Å². The summed E-state index contributed by atoms with van der Waals surface area (Å²) in [4.78, 5) is 31.7. The molecule has 0 N–H and O–H groups in total. The number of anilines is 1. The highest BCUT2D eigenvalue weighted by molar-refractivity contribution is 5.69. The normalized spacial score (nSPS) is 22.6. The molecule has 212 valence electrons. The fraction of sp³-hybridized carbons (Fsp3) is 0.633. The molecule has 0 saturated carbocycles. The molecule has 1 aromatic carbocycles. The van der Waals surface area contributed by atoms with Crippen molar-refractivity contribution in [3.63, 3.8) is 0 Å². The van der Waals surface area contributed by atoms with Crippen LogP contribution in [0.15, 0.2) is 30.3 Å². The summed E-state index contributed by atoms with van der Waals surface area (Å²) >= 11 is 0. The first-order valence-electron chi connectivity index (χ1n) is 14.4. The van der Waals surface area contributed by atoms with E-state index in [2.05, 4.69) is 59.0 Å². The number of aromatic nitrogens is 2. The Morgan fingerprint density at radius 1 is 1.08 bits per heavy atom. The summed E-state index contributed by atoms with van der Waals surface area (Å²) in [5.41, 5.74) is 3.07. The van der Waals surface area contributed by atoms with Crippen LogP contribution in [0.1, 0.15) is 57.4 Å². The highest BCUT2D eigenvalue weighted by Gasteiger charge is 2.34. The first-order chi connectivity index (χ1) is 18.7. The van der Waals surface area contributed by atoms with E-state index < -0.39 is 5.60 Å². The van der Waals surface area contributed by atoms with Crippen LogP contribution in [0.3, 0.4) is 0 Å². The average Bonchev–Trinajstić information content (AvgIpc) is 3.31. The molecule has 0 aliphatic carbocycles. The maximum atomic E-state index is 12.7. The van der Waals surface area contributed by atoms with Crippen LogP contribution in [0.25, 0.3) is 0 Å². The van der Waals surface area contributed by atoms with Crippen LogP contribution >= 0.6 is 0 Å². The van der Waals surface area contributed by atoms with Crippen molar-refractivity contribution in [3.8, 4) is 6.01 Å². The molecule has 1 aromatic heterocycles. The van der Waals surface area contributed by atoms with Crippen molar-refractivity contribution in [2.45, 2.75) is 77.7 Å². The molecule has 3 aliphatic rings. The van der Waals surface area contributed by atoms with Gasteiger partial charge in [0.25, 0.3) is 0 Å². The molecule has 2 atom stereocenters. The molecule has 4 heterocycles. The lowest BCUT2D eigenvalue weighted by Gasteiger charge is -2.42. The van der Waals surface area contributed by atoms with Gasteiger partial charge in [-0.25, -0.2) is 4.79 Å². The molecule has 39 heavy (non-hydrogen) atoms. The lowest BCUT2D eigenvalue weighted by molar-refractivity contribution is 0.0218. The van der Waals surface area contributed by atoms with Crippen molar-refractivity contribution in [1.29, 1.82) is 0 Å². The molecule has 9 nitrogen and oxygen atoms in total. The fourth-order valence-electron chi connectivity index (χ4n) is 5.85. The van der Waals surface area contributed by atoms with Crippen molar-refractivity contribution in [3.05, 3.63) is 47.2 Å². The number of carbonyl (C=O) groups excluding carboxylic acids is 1. The molecule has 5 rings (SSSR count). The Morgan fingerprint density at radius 2 is 1.87 bits per heavy atom. The summed E-state index contributed by atoms with van der Waals surface area (Å²) in [6.45, 7) is 14.1. The van der Waals surface area contributed by atoms with Crippen molar-refractivity contribution in [2.24, 2.45) is 0 Å². The lowest BCUT2D eigenvalue weighted by Crippen LogP contribution is -2.55. The molecule has 2 aromatic rings. The fourth-order valence-corrected chi connectivity index (χ4v) is 5.85. The van der Waals surface area contributed by atoms with Crippen LogP contribution in [0.4, 0.5) is 10.6 Å². The van der Waals surface area contributed by atoms with Gasteiger partial charge in [0, 0.05) is 56.9 Å². The number of hydrogen-bond donors (Lipinski definition) is 0. The Kier molecular flexibility index (Phi) is 8.28. The number of likely N-dealkylation sites (N-methyl/N-ethyl adjacent to an activating group) is 1. The van der Waals surface area contributed by atoms with E-state index in [9.17, 15) is 4.79 Å². The standard InChI is InChI=1S/C30H44N6O3/c1-22-18-35(29(37)39-30(2,3)4)16-17-36(22)27-25-13-15-34(19-23-10-7-6-8-11-23)20-26(25)31-28(32-27)38-21-24-12-9-14-33(24)5/h6-8,10-11,22,24H,9,12-21H2,1-5H3/t22-,24-/m0/s1. The van der Waals surface area contributed by atoms with E-state index in [1.54, 1.807) is 0 Å². The first kappa shape index (κ1) is 27.6. The molecule has 0 unspecified atom stereocenters. The highest BCUT2D eigenvalue weighted by Crippen LogP contribution is 2.32. The molecule has 0 radical (unpaired) electrons. The molecule has 0 bridgehead atoms. The Bertz CT molecular complexity index is 1140.